The van der Waals surface area contributed by atoms with Crippen molar-refractivity contribution in [2.75, 3.05) is 26.2 Å². The van der Waals surface area contributed by atoms with E-state index in [0.717, 1.165) is 32.1 Å². The third-order valence-electron chi connectivity index (χ3n) is 5.92. The van der Waals surface area contributed by atoms with E-state index in [2.05, 4.69) is 11.8 Å². The average molecular weight is 436 g/mol. The molecule has 158 valence electrons. The highest BCUT2D eigenvalue weighted by Crippen LogP contribution is 2.24. The molecule has 0 amide bonds. The number of piperazine rings is 1. The van der Waals surface area contributed by atoms with E-state index in [1.807, 2.05) is 16.7 Å². The van der Waals surface area contributed by atoms with Gasteiger partial charge in [0.05, 0.1) is 11.6 Å². The van der Waals surface area contributed by atoms with Crippen LogP contribution in [-0.4, -0.2) is 48.4 Å². The summed E-state index contributed by atoms with van der Waals surface area (Å²) in [6, 6.07) is 7.28. The fraction of sp³-hybridized carbons (Fsp3) is 0.571. The molecule has 1 aliphatic heterocycles. The van der Waals surface area contributed by atoms with E-state index in [1.54, 1.807) is 16.4 Å². The number of aryl methyl sites for hydroxylation is 2. The molecule has 1 saturated heterocycles. The number of fused-ring (bicyclic) bond motifs is 1. The summed E-state index contributed by atoms with van der Waals surface area (Å²) in [5.74, 6) is 0. The van der Waals surface area contributed by atoms with Crippen molar-refractivity contribution in [3.63, 3.8) is 0 Å². The minimum atomic E-state index is -3.46. The Hall–Kier alpha value is -1.48. The van der Waals surface area contributed by atoms with Crippen LogP contribution < -0.4 is 4.87 Å². The summed E-state index contributed by atoms with van der Waals surface area (Å²) in [4.78, 5) is 16.3. The molecule has 29 heavy (non-hydrogen) atoms. The zero-order chi connectivity index (χ0) is 20.4. The number of hydrogen-bond donors (Lipinski definition) is 0. The monoisotopic (exact) mass is 435 g/mol. The van der Waals surface area contributed by atoms with Crippen molar-refractivity contribution in [1.82, 2.24) is 13.8 Å². The van der Waals surface area contributed by atoms with Gasteiger partial charge in [0, 0.05) is 36.8 Å². The average Bonchev–Trinajstić information content (AvgIpc) is 3.04. The highest BCUT2D eigenvalue weighted by Gasteiger charge is 2.29. The van der Waals surface area contributed by atoms with Crippen LogP contribution >= 0.6 is 11.3 Å². The molecule has 0 radical (unpaired) electrons. The number of hydrogen-bond acceptors (Lipinski definition) is 5. The predicted molar refractivity (Wildman–Crippen MR) is 116 cm³/mol. The second-order valence-corrected chi connectivity index (χ2v) is 10.9. The Bertz CT molecular complexity index is 1000. The summed E-state index contributed by atoms with van der Waals surface area (Å²) in [6.07, 6.45) is 6.33. The van der Waals surface area contributed by atoms with Crippen LogP contribution in [0.2, 0.25) is 0 Å². The summed E-state index contributed by atoms with van der Waals surface area (Å²) >= 11 is 1.39. The van der Waals surface area contributed by atoms with Crippen LogP contribution in [0.25, 0.3) is 0 Å². The number of thiazole rings is 1. The summed E-state index contributed by atoms with van der Waals surface area (Å²) in [6.45, 7) is 4.89. The van der Waals surface area contributed by atoms with Crippen LogP contribution in [0.4, 0.5) is 0 Å². The fourth-order valence-electron chi connectivity index (χ4n) is 4.25. The number of nitrogens with zero attached hydrogens (tertiary/aromatic N) is 3. The second-order valence-electron chi connectivity index (χ2n) is 7.93. The lowest BCUT2D eigenvalue weighted by atomic mass is 10.0. The molecular formula is C21H29N3O3S2. The lowest BCUT2D eigenvalue weighted by Crippen LogP contribution is -2.49. The van der Waals surface area contributed by atoms with Crippen molar-refractivity contribution in [1.29, 1.82) is 0 Å². The molecule has 0 bridgehead atoms. The van der Waals surface area contributed by atoms with Gasteiger partial charge in [-0.1, -0.05) is 36.8 Å². The van der Waals surface area contributed by atoms with E-state index in [0.29, 0.717) is 37.7 Å². The van der Waals surface area contributed by atoms with Crippen molar-refractivity contribution in [2.45, 2.75) is 57.0 Å². The molecule has 2 aromatic rings. The quantitative estimate of drug-likeness (QED) is 0.700. The molecule has 0 N–H and O–H groups in total. The molecule has 2 aliphatic rings. The van der Waals surface area contributed by atoms with Crippen molar-refractivity contribution >= 4 is 21.4 Å². The van der Waals surface area contributed by atoms with Crippen LogP contribution in [-0.2, 0) is 36.0 Å². The fourth-order valence-corrected chi connectivity index (χ4v) is 6.74. The van der Waals surface area contributed by atoms with E-state index in [4.69, 9.17) is 0 Å². The van der Waals surface area contributed by atoms with Crippen LogP contribution in [0, 0.1) is 0 Å². The van der Waals surface area contributed by atoms with Crippen LogP contribution in [0.15, 0.2) is 34.0 Å². The van der Waals surface area contributed by atoms with Gasteiger partial charge in [0.15, 0.2) is 0 Å². The van der Waals surface area contributed by atoms with Crippen LogP contribution in [0.1, 0.15) is 42.3 Å². The van der Waals surface area contributed by atoms with Crippen molar-refractivity contribution in [3.05, 3.63) is 50.1 Å². The Kier molecular flexibility index (Phi) is 6.24. The van der Waals surface area contributed by atoms with Gasteiger partial charge in [0.2, 0.25) is 10.0 Å². The summed E-state index contributed by atoms with van der Waals surface area (Å²) in [7, 11) is -3.46. The van der Waals surface area contributed by atoms with Crippen molar-refractivity contribution in [3.8, 4) is 0 Å². The minimum absolute atomic E-state index is 0.124. The lowest BCUT2D eigenvalue weighted by molar-refractivity contribution is 0.149. The van der Waals surface area contributed by atoms with Crippen molar-refractivity contribution < 1.29 is 8.42 Å². The molecule has 1 fully saturated rings. The molecule has 8 heteroatoms. The first kappa shape index (κ1) is 20.8. The van der Waals surface area contributed by atoms with Crippen molar-refractivity contribution in [2.24, 2.45) is 0 Å². The smallest absolute Gasteiger partial charge is 0.289 e. The molecule has 1 aromatic carbocycles. The molecule has 1 aliphatic carbocycles. The Balaban J connectivity index is 1.40. The number of aromatic nitrogens is 1. The molecule has 6 nitrogen and oxygen atoms in total. The van der Waals surface area contributed by atoms with Gasteiger partial charge in [-0.25, -0.2) is 8.42 Å². The topological polar surface area (TPSA) is 62.6 Å². The molecule has 1 aromatic heterocycles. The zero-order valence-corrected chi connectivity index (χ0v) is 18.6. The standard InChI is InChI=1S/C21H29N3O3S2/c1-2-5-17-8-10-18(11-9-17)29(26,27)23-14-12-22(13-15-23)16-24-19-6-3-4-7-20(19)28-21(24)25/h8-11H,2-7,12-16H2,1H3. The number of rotatable bonds is 6. The lowest BCUT2D eigenvalue weighted by Gasteiger charge is -2.34. The summed E-state index contributed by atoms with van der Waals surface area (Å²) in [5.41, 5.74) is 2.37. The van der Waals surface area contributed by atoms with Gasteiger partial charge < -0.3 is 0 Å². The number of benzene rings is 1. The molecule has 0 atom stereocenters. The maximum Gasteiger partial charge on any atom is 0.308 e. The van der Waals surface area contributed by atoms with Gasteiger partial charge in [-0.05, 0) is 49.8 Å². The van der Waals surface area contributed by atoms with E-state index >= 15 is 0 Å². The highest BCUT2D eigenvalue weighted by atomic mass is 32.2. The zero-order valence-electron chi connectivity index (χ0n) is 17.0. The van der Waals surface area contributed by atoms with Gasteiger partial charge in [0.1, 0.15) is 0 Å². The van der Waals surface area contributed by atoms with Gasteiger partial charge in [0.25, 0.3) is 0 Å². The van der Waals surface area contributed by atoms with Crippen LogP contribution in [0.5, 0.6) is 0 Å². The molecule has 2 heterocycles. The van der Waals surface area contributed by atoms with Crippen LogP contribution in [0.3, 0.4) is 0 Å². The Morgan fingerprint density at radius 1 is 1.00 bits per heavy atom. The van der Waals surface area contributed by atoms with Gasteiger partial charge in [-0.3, -0.25) is 14.3 Å². The third kappa shape index (κ3) is 4.35. The molecule has 0 unspecified atom stereocenters. The maximum absolute atomic E-state index is 13.0. The molecule has 4 rings (SSSR count). The van der Waals surface area contributed by atoms with E-state index in [9.17, 15) is 13.2 Å². The Morgan fingerprint density at radius 2 is 1.69 bits per heavy atom. The third-order valence-corrected chi connectivity index (χ3v) is 8.91. The highest BCUT2D eigenvalue weighted by molar-refractivity contribution is 7.89. The summed E-state index contributed by atoms with van der Waals surface area (Å²) in [5, 5.41) is 0. The maximum atomic E-state index is 13.0. The van der Waals surface area contributed by atoms with E-state index in [1.165, 1.54) is 33.9 Å². The Morgan fingerprint density at radius 3 is 2.38 bits per heavy atom. The molecule has 0 spiro atoms. The SMILES string of the molecule is CCCc1ccc(S(=O)(=O)N2CCN(Cn3c4c(sc3=O)CCCC4)CC2)cc1. The van der Waals surface area contributed by atoms with Gasteiger partial charge in [-0.15, -0.1) is 0 Å². The normalized spacial score (nSPS) is 18.7. The van der Waals surface area contributed by atoms with E-state index in [-0.39, 0.29) is 4.87 Å². The van der Waals surface area contributed by atoms with Gasteiger partial charge >= 0.3 is 4.87 Å². The number of sulfonamides is 1. The Labute approximate surface area is 176 Å². The first-order valence-electron chi connectivity index (χ1n) is 10.5. The van der Waals surface area contributed by atoms with E-state index < -0.39 is 10.0 Å². The summed E-state index contributed by atoms with van der Waals surface area (Å²) < 4.78 is 29.4. The first-order valence-corrected chi connectivity index (χ1v) is 12.8. The largest absolute Gasteiger partial charge is 0.308 e. The minimum Gasteiger partial charge on any atom is -0.289 e. The molecule has 0 saturated carbocycles. The predicted octanol–water partition coefficient (Wildman–Crippen LogP) is 2.71. The molecular weight excluding hydrogens is 406 g/mol. The first-order chi connectivity index (χ1) is 14.0. The second kappa shape index (κ2) is 8.71. The van der Waals surface area contributed by atoms with Gasteiger partial charge in [-0.2, -0.15) is 4.31 Å².